The van der Waals surface area contributed by atoms with Gasteiger partial charge in [-0.3, -0.25) is 19.4 Å². The third kappa shape index (κ3) is 8.54. The fraction of sp³-hybridized carbons (Fsp3) is 0.200. The summed E-state index contributed by atoms with van der Waals surface area (Å²) in [5, 5.41) is 1.52. The molecule has 0 saturated carbocycles. The number of amides is 2. The van der Waals surface area contributed by atoms with Crippen molar-refractivity contribution in [3.05, 3.63) is 139 Å². The number of ether oxygens (including phenoxy) is 2. The van der Waals surface area contributed by atoms with E-state index in [9.17, 15) is 9.59 Å². The molecular formula is C40H34Cl4N4O4. The highest BCUT2D eigenvalue weighted by Crippen LogP contribution is 2.31. The Bertz CT molecular complexity index is 1990. The molecule has 0 aromatic heterocycles. The molecule has 4 aromatic carbocycles. The minimum Gasteiger partial charge on any atom is -0.491 e. The molecule has 0 N–H and O–H groups in total. The van der Waals surface area contributed by atoms with Crippen LogP contribution in [0.5, 0.6) is 11.5 Å². The monoisotopic (exact) mass is 774 g/mol. The predicted octanol–water partition coefficient (Wildman–Crippen LogP) is 9.83. The van der Waals surface area contributed by atoms with Crippen LogP contribution in [0.1, 0.15) is 49.9 Å². The van der Waals surface area contributed by atoms with Crippen molar-refractivity contribution in [2.24, 2.45) is 9.98 Å². The maximum Gasteiger partial charge on any atom is 0.278 e. The van der Waals surface area contributed by atoms with E-state index in [1.165, 1.54) is 9.80 Å². The molecule has 2 heterocycles. The summed E-state index contributed by atoms with van der Waals surface area (Å²) in [6.07, 6.45) is 3.45. The van der Waals surface area contributed by atoms with Gasteiger partial charge in [0.05, 0.1) is 22.3 Å². The van der Waals surface area contributed by atoms with Gasteiger partial charge in [0, 0.05) is 34.3 Å². The van der Waals surface area contributed by atoms with Gasteiger partial charge in [0.2, 0.25) is 0 Å². The van der Waals surface area contributed by atoms with E-state index in [1.807, 2.05) is 76.2 Å². The third-order valence-corrected chi connectivity index (χ3v) is 8.99. The van der Waals surface area contributed by atoms with Crippen LogP contribution in [0.4, 0.5) is 0 Å². The first-order valence-corrected chi connectivity index (χ1v) is 18.1. The number of amidine groups is 2. The lowest BCUT2D eigenvalue weighted by atomic mass is 10.1. The zero-order valence-electron chi connectivity index (χ0n) is 28.7. The quantitative estimate of drug-likeness (QED) is 0.142. The van der Waals surface area contributed by atoms with Crippen LogP contribution in [-0.2, 0) is 9.59 Å². The average Bonchev–Trinajstić information content (AvgIpc) is 3.55. The van der Waals surface area contributed by atoms with Gasteiger partial charge >= 0.3 is 0 Å². The van der Waals surface area contributed by atoms with Crippen molar-refractivity contribution in [1.82, 2.24) is 9.80 Å². The highest BCUT2D eigenvalue weighted by molar-refractivity contribution is 6.38. The van der Waals surface area contributed by atoms with Crippen molar-refractivity contribution in [3.8, 4) is 11.5 Å². The Kier molecular flexibility index (Phi) is 11.4. The van der Waals surface area contributed by atoms with Gasteiger partial charge in [-0.2, -0.15) is 0 Å². The summed E-state index contributed by atoms with van der Waals surface area (Å²) >= 11 is 25.7. The number of rotatable bonds is 11. The molecular weight excluding hydrogens is 742 g/mol. The van der Waals surface area contributed by atoms with E-state index in [2.05, 4.69) is 0 Å². The Morgan fingerprint density at radius 3 is 1.27 bits per heavy atom. The second kappa shape index (κ2) is 16.0. The van der Waals surface area contributed by atoms with E-state index >= 15 is 0 Å². The van der Waals surface area contributed by atoms with E-state index in [1.54, 1.807) is 48.6 Å². The van der Waals surface area contributed by atoms with Crippen LogP contribution in [0.15, 0.2) is 106 Å². The molecule has 0 aliphatic carbocycles. The normalized spacial score (nSPS) is 16.1. The lowest BCUT2D eigenvalue weighted by Crippen LogP contribution is -2.43. The van der Waals surface area contributed by atoms with Crippen molar-refractivity contribution >= 4 is 82.0 Å². The molecule has 6 rings (SSSR count). The highest BCUT2D eigenvalue weighted by Gasteiger charge is 2.36. The fourth-order valence-corrected chi connectivity index (χ4v) is 6.60. The predicted molar refractivity (Wildman–Crippen MR) is 210 cm³/mol. The lowest BCUT2D eigenvalue weighted by molar-refractivity contribution is -0.125. The fourth-order valence-electron chi connectivity index (χ4n) is 5.61. The first-order chi connectivity index (χ1) is 24.9. The Balaban J connectivity index is 1.33. The summed E-state index contributed by atoms with van der Waals surface area (Å²) in [4.78, 5) is 40.6. The second-order valence-electron chi connectivity index (χ2n) is 12.6. The van der Waals surface area contributed by atoms with Crippen molar-refractivity contribution in [2.75, 3.05) is 13.1 Å². The third-order valence-electron chi connectivity index (χ3n) is 7.89. The largest absolute Gasteiger partial charge is 0.491 e. The molecule has 0 fully saturated rings. The number of carbonyl (C=O) groups excluding carboxylic acids is 2. The molecule has 0 saturated heterocycles. The zero-order chi connectivity index (χ0) is 37.1. The SMILES string of the molecule is CC(C)Oc1ccc(/C=C2\N=C(c3ccc(Cl)cc3Cl)N(CCN3C(=O)/C(=C\c4ccc(OC(C)C)cc4)N=C3c3ccc(Cl)cc3Cl)C2=O)cc1. The minimum atomic E-state index is -0.363. The van der Waals surface area contributed by atoms with Crippen molar-refractivity contribution in [3.63, 3.8) is 0 Å². The van der Waals surface area contributed by atoms with Crippen LogP contribution in [0.3, 0.4) is 0 Å². The molecule has 2 aliphatic heterocycles. The van der Waals surface area contributed by atoms with Crippen molar-refractivity contribution < 1.29 is 19.1 Å². The number of carbonyl (C=O) groups is 2. The number of hydrogen-bond donors (Lipinski definition) is 0. The van der Waals surface area contributed by atoms with Crippen LogP contribution < -0.4 is 9.47 Å². The topological polar surface area (TPSA) is 83.8 Å². The van der Waals surface area contributed by atoms with Gasteiger partial charge < -0.3 is 9.47 Å². The van der Waals surface area contributed by atoms with Crippen LogP contribution in [-0.4, -0.2) is 58.6 Å². The summed E-state index contributed by atoms with van der Waals surface area (Å²) in [5.74, 6) is 1.36. The number of halogens is 4. The summed E-state index contributed by atoms with van der Waals surface area (Å²) in [6, 6.07) is 24.7. The maximum absolute atomic E-state index is 14.1. The Morgan fingerprint density at radius 1 is 0.577 bits per heavy atom. The van der Waals surface area contributed by atoms with Crippen LogP contribution in [0.25, 0.3) is 12.2 Å². The first kappa shape index (κ1) is 37.2. The number of nitrogens with zero attached hydrogens (tertiary/aromatic N) is 4. The minimum absolute atomic E-state index is 0.0250. The van der Waals surface area contributed by atoms with Gasteiger partial charge in [0.25, 0.3) is 11.8 Å². The summed E-state index contributed by atoms with van der Waals surface area (Å²) < 4.78 is 11.5. The molecule has 0 unspecified atom stereocenters. The van der Waals surface area contributed by atoms with Gasteiger partial charge in [-0.05, 0) is 112 Å². The van der Waals surface area contributed by atoms with Crippen LogP contribution >= 0.6 is 46.4 Å². The van der Waals surface area contributed by atoms with Gasteiger partial charge in [-0.1, -0.05) is 70.7 Å². The second-order valence-corrected chi connectivity index (χ2v) is 14.3. The molecule has 0 bridgehead atoms. The van der Waals surface area contributed by atoms with Gasteiger partial charge in [0.15, 0.2) is 0 Å². The van der Waals surface area contributed by atoms with Crippen LogP contribution in [0.2, 0.25) is 20.1 Å². The Hall–Kier alpha value is -4.60. The molecule has 2 aliphatic rings. The summed E-state index contributed by atoms with van der Waals surface area (Å²) in [5.41, 5.74) is 2.93. The maximum atomic E-state index is 14.1. The molecule has 2 amide bonds. The standard InChI is InChI=1S/C40H34Cl4N4O4/c1-23(2)51-29-11-5-25(6-12-29)19-35-39(49)47(37(45-35)31-15-9-27(41)21-33(31)43)17-18-48-38(32-16-10-28(42)22-34(32)44)46-36(40(48)50)20-26-7-13-30(14-8-26)52-24(3)4/h5-16,19-24H,17-18H2,1-4H3/b35-19-,36-20+. The molecule has 4 aromatic rings. The molecule has 0 spiro atoms. The highest BCUT2D eigenvalue weighted by atomic mass is 35.5. The number of hydrogen-bond acceptors (Lipinski definition) is 6. The summed E-state index contributed by atoms with van der Waals surface area (Å²) in [6.45, 7) is 7.92. The molecule has 52 heavy (non-hydrogen) atoms. The smallest absolute Gasteiger partial charge is 0.278 e. The molecule has 0 radical (unpaired) electrons. The molecule has 8 nitrogen and oxygen atoms in total. The van der Waals surface area contributed by atoms with Gasteiger partial charge in [0.1, 0.15) is 34.6 Å². The Labute approximate surface area is 322 Å². The van der Waals surface area contributed by atoms with E-state index in [4.69, 9.17) is 65.9 Å². The number of benzene rings is 4. The van der Waals surface area contributed by atoms with E-state index in [0.29, 0.717) is 54.4 Å². The molecule has 12 heteroatoms. The van der Waals surface area contributed by atoms with Crippen molar-refractivity contribution in [2.45, 2.75) is 39.9 Å². The van der Waals surface area contributed by atoms with E-state index in [0.717, 1.165) is 11.1 Å². The van der Waals surface area contributed by atoms with Crippen LogP contribution in [0, 0.1) is 0 Å². The van der Waals surface area contributed by atoms with E-state index in [-0.39, 0.29) is 48.5 Å². The Morgan fingerprint density at radius 2 is 0.942 bits per heavy atom. The zero-order valence-corrected chi connectivity index (χ0v) is 31.8. The lowest BCUT2D eigenvalue weighted by Gasteiger charge is -2.24. The summed E-state index contributed by atoms with van der Waals surface area (Å²) in [7, 11) is 0. The first-order valence-electron chi connectivity index (χ1n) is 16.5. The number of aliphatic imine (C=N–C) groups is 2. The molecule has 0 atom stereocenters. The molecule has 266 valence electrons. The van der Waals surface area contributed by atoms with E-state index < -0.39 is 0 Å². The van der Waals surface area contributed by atoms with Gasteiger partial charge in [-0.25, -0.2) is 9.98 Å². The average molecular weight is 777 g/mol. The van der Waals surface area contributed by atoms with Gasteiger partial charge in [-0.15, -0.1) is 0 Å². The van der Waals surface area contributed by atoms with Crippen molar-refractivity contribution in [1.29, 1.82) is 0 Å².